The largest absolute Gasteiger partial charge is 0.390 e. The Hall–Kier alpha value is -0.860. The zero-order valence-corrected chi connectivity index (χ0v) is 13.3. The Morgan fingerprint density at radius 1 is 1.24 bits per heavy atom. The van der Waals surface area contributed by atoms with Crippen molar-refractivity contribution in [3.05, 3.63) is 35.9 Å². The molecule has 2 heterocycles. The van der Waals surface area contributed by atoms with Crippen molar-refractivity contribution in [3.63, 3.8) is 0 Å². The quantitative estimate of drug-likeness (QED) is 0.906. The van der Waals surface area contributed by atoms with E-state index in [-0.39, 0.29) is 5.60 Å². The lowest BCUT2D eigenvalue weighted by molar-refractivity contribution is -0.0650. The van der Waals surface area contributed by atoms with Gasteiger partial charge in [-0.05, 0) is 43.6 Å². The van der Waals surface area contributed by atoms with E-state index in [1.54, 1.807) is 0 Å². The summed E-state index contributed by atoms with van der Waals surface area (Å²) in [5, 5.41) is 10.8. The molecular weight excluding hydrogens is 258 g/mol. The molecule has 0 unspecified atom stereocenters. The van der Waals surface area contributed by atoms with Crippen LogP contribution in [0.1, 0.15) is 63.4 Å². The van der Waals surface area contributed by atoms with Crippen LogP contribution in [0, 0.1) is 0 Å². The monoisotopic (exact) mass is 287 g/mol. The molecule has 0 aliphatic carbocycles. The molecule has 3 atom stereocenters. The summed E-state index contributed by atoms with van der Waals surface area (Å²) in [6.07, 6.45) is 7.82. The molecule has 2 heteroatoms. The van der Waals surface area contributed by atoms with Crippen LogP contribution < -0.4 is 0 Å². The molecule has 0 radical (unpaired) electrons. The van der Waals surface area contributed by atoms with E-state index < -0.39 is 0 Å². The van der Waals surface area contributed by atoms with Crippen LogP contribution in [0.5, 0.6) is 0 Å². The molecule has 1 aromatic rings. The average molecular weight is 287 g/mol. The van der Waals surface area contributed by atoms with Gasteiger partial charge in [-0.3, -0.25) is 4.90 Å². The lowest BCUT2D eigenvalue weighted by Gasteiger charge is -2.48. The highest BCUT2D eigenvalue weighted by atomic mass is 16.3. The molecule has 116 valence electrons. The first-order chi connectivity index (χ1) is 10.2. The fraction of sp³-hybridized carbons (Fsp3) is 0.684. The van der Waals surface area contributed by atoms with Gasteiger partial charge >= 0.3 is 0 Å². The van der Waals surface area contributed by atoms with E-state index in [0.717, 1.165) is 32.2 Å². The lowest BCUT2D eigenvalue weighted by Crippen LogP contribution is -2.53. The number of fused-ring (bicyclic) bond motifs is 1. The first-order valence-electron chi connectivity index (χ1n) is 8.71. The molecule has 1 aromatic carbocycles. The minimum absolute atomic E-state index is 0.378. The minimum atomic E-state index is -0.378. The number of piperidine rings is 2. The molecule has 21 heavy (non-hydrogen) atoms. The number of unbranched alkanes of at least 4 members (excludes halogenated alkanes) is 1. The van der Waals surface area contributed by atoms with Crippen LogP contribution in [-0.2, 0) is 0 Å². The normalized spacial score (nSPS) is 33.6. The van der Waals surface area contributed by atoms with Gasteiger partial charge in [-0.15, -0.1) is 0 Å². The molecule has 0 aromatic heterocycles. The number of benzene rings is 1. The Balaban J connectivity index is 1.60. The van der Waals surface area contributed by atoms with Gasteiger partial charge in [-0.1, -0.05) is 50.1 Å². The van der Waals surface area contributed by atoms with Crippen LogP contribution in [0.25, 0.3) is 0 Å². The van der Waals surface area contributed by atoms with Crippen LogP contribution in [0.15, 0.2) is 30.3 Å². The average Bonchev–Trinajstić information content (AvgIpc) is 2.53. The summed E-state index contributed by atoms with van der Waals surface area (Å²) in [5.41, 5.74) is 1.11. The second-order valence-corrected chi connectivity index (χ2v) is 7.12. The van der Waals surface area contributed by atoms with E-state index in [0.29, 0.717) is 12.0 Å². The molecule has 0 bridgehead atoms. The second-order valence-electron chi connectivity index (χ2n) is 7.12. The Morgan fingerprint density at radius 3 is 2.81 bits per heavy atom. The van der Waals surface area contributed by atoms with Crippen molar-refractivity contribution in [1.82, 2.24) is 4.90 Å². The van der Waals surface area contributed by atoms with Crippen molar-refractivity contribution < 1.29 is 5.11 Å². The van der Waals surface area contributed by atoms with E-state index in [9.17, 15) is 5.11 Å². The van der Waals surface area contributed by atoms with Crippen molar-refractivity contribution in [2.24, 2.45) is 0 Å². The van der Waals surface area contributed by atoms with Gasteiger partial charge in [0.05, 0.1) is 5.60 Å². The maximum Gasteiger partial charge on any atom is 0.0674 e. The molecule has 3 rings (SSSR count). The first-order valence-corrected chi connectivity index (χ1v) is 8.71. The van der Waals surface area contributed by atoms with Crippen LogP contribution in [0.3, 0.4) is 0 Å². The van der Waals surface area contributed by atoms with Gasteiger partial charge < -0.3 is 5.11 Å². The molecular formula is C19H29NO. The van der Waals surface area contributed by atoms with Crippen molar-refractivity contribution in [3.8, 4) is 0 Å². The summed E-state index contributed by atoms with van der Waals surface area (Å²) < 4.78 is 0. The summed E-state index contributed by atoms with van der Waals surface area (Å²) in [6.45, 7) is 4.47. The highest BCUT2D eigenvalue weighted by molar-refractivity contribution is 5.21. The summed E-state index contributed by atoms with van der Waals surface area (Å²) in [6, 6.07) is 11.6. The van der Waals surface area contributed by atoms with Crippen molar-refractivity contribution in [2.75, 3.05) is 13.1 Å². The summed E-state index contributed by atoms with van der Waals surface area (Å²) in [4.78, 5) is 2.64. The van der Waals surface area contributed by atoms with Crippen molar-refractivity contribution in [1.29, 1.82) is 0 Å². The van der Waals surface area contributed by atoms with Gasteiger partial charge in [0, 0.05) is 19.1 Å². The van der Waals surface area contributed by atoms with E-state index in [1.807, 2.05) is 0 Å². The van der Waals surface area contributed by atoms with Gasteiger partial charge in [-0.2, -0.15) is 0 Å². The van der Waals surface area contributed by atoms with Crippen molar-refractivity contribution in [2.45, 2.75) is 69.4 Å². The highest BCUT2D eigenvalue weighted by Gasteiger charge is 2.40. The Morgan fingerprint density at radius 2 is 2.05 bits per heavy atom. The summed E-state index contributed by atoms with van der Waals surface area (Å²) in [5.74, 6) is 0.685. The van der Waals surface area contributed by atoms with Crippen LogP contribution in [0.4, 0.5) is 0 Å². The van der Waals surface area contributed by atoms with E-state index in [4.69, 9.17) is 0 Å². The number of hydrogen-bond donors (Lipinski definition) is 1. The molecule has 2 saturated heterocycles. The van der Waals surface area contributed by atoms with E-state index >= 15 is 0 Å². The number of hydrogen-bond acceptors (Lipinski definition) is 2. The van der Waals surface area contributed by atoms with Crippen LogP contribution >= 0.6 is 0 Å². The highest BCUT2D eigenvalue weighted by Crippen LogP contribution is 2.39. The van der Waals surface area contributed by atoms with Gasteiger partial charge in [0.1, 0.15) is 0 Å². The third kappa shape index (κ3) is 3.49. The maximum absolute atomic E-state index is 10.8. The van der Waals surface area contributed by atoms with Crippen LogP contribution in [-0.4, -0.2) is 34.7 Å². The van der Waals surface area contributed by atoms with Gasteiger partial charge in [-0.25, -0.2) is 0 Å². The third-order valence-corrected chi connectivity index (χ3v) is 5.57. The number of rotatable bonds is 4. The Labute approximate surface area is 129 Å². The zero-order valence-electron chi connectivity index (χ0n) is 13.3. The van der Waals surface area contributed by atoms with E-state index in [2.05, 4.69) is 42.2 Å². The molecule has 2 nitrogen and oxygen atoms in total. The first kappa shape index (κ1) is 15.1. The Kier molecular flexibility index (Phi) is 4.66. The summed E-state index contributed by atoms with van der Waals surface area (Å²) >= 11 is 0. The molecule has 0 spiro atoms. The topological polar surface area (TPSA) is 23.5 Å². The molecule has 0 amide bonds. The zero-order chi connectivity index (χ0) is 14.7. The SMILES string of the molecule is CCCC[C@@]1(O)CCN2C[C@H](c3ccccc3)CC[C@@H]2C1. The summed E-state index contributed by atoms with van der Waals surface area (Å²) in [7, 11) is 0. The molecule has 2 fully saturated rings. The fourth-order valence-electron chi connectivity index (χ4n) is 4.23. The smallest absolute Gasteiger partial charge is 0.0674 e. The standard InChI is InChI=1S/C19H29NO/c1-2-3-11-19(21)12-13-20-15-17(9-10-18(20)14-19)16-7-5-4-6-8-16/h4-8,17-18,21H,2-3,9-15H2,1H3/t17-,18-,19-/m1/s1. The molecule has 0 saturated carbocycles. The van der Waals surface area contributed by atoms with Gasteiger partial charge in [0.2, 0.25) is 0 Å². The predicted octanol–water partition coefficient (Wildman–Crippen LogP) is 3.95. The molecule has 2 aliphatic heterocycles. The van der Waals surface area contributed by atoms with Gasteiger partial charge in [0.25, 0.3) is 0 Å². The molecule has 1 N–H and O–H groups in total. The Bertz CT molecular complexity index is 446. The third-order valence-electron chi connectivity index (χ3n) is 5.57. The number of nitrogens with zero attached hydrogens (tertiary/aromatic N) is 1. The van der Waals surface area contributed by atoms with Crippen LogP contribution in [0.2, 0.25) is 0 Å². The molecule has 2 aliphatic rings. The van der Waals surface area contributed by atoms with Crippen molar-refractivity contribution >= 4 is 0 Å². The predicted molar refractivity (Wildman–Crippen MR) is 87.5 cm³/mol. The number of aliphatic hydroxyl groups is 1. The fourth-order valence-corrected chi connectivity index (χ4v) is 4.23. The second kappa shape index (κ2) is 6.50. The van der Waals surface area contributed by atoms with E-state index in [1.165, 1.54) is 31.4 Å². The maximum atomic E-state index is 10.8. The van der Waals surface area contributed by atoms with Gasteiger partial charge in [0.15, 0.2) is 0 Å². The minimum Gasteiger partial charge on any atom is -0.390 e. The lowest BCUT2D eigenvalue weighted by atomic mass is 9.77.